The lowest BCUT2D eigenvalue weighted by molar-refractivity contribution is -0.115. The molecule has 4 rings (SSSR count). The molecule has 1 aliphatic rings. The minimum Gasteiger partial charge on any atom is -0.282 e. The van der Waals surface area contributed by atoms with E-state index in [1.165, 1.54) is 24.4 Å². The Balaban J connectivity index is 1.90. The van der Waals surface area contributed by atoms with Crippen LogP contribution in [0.15, 0.2) is 64.5 Å². The summed E-state index contributed by atoms with van der Waals surface area (Å²) in [4.78, 5) is 23.3. The summed E-state index contributed by atoms with van der Waals surface area (Å²) in [5, 5.41) is 2.28. The zero-order chi connectivity index (χ0) is 19.2. The number of nitrogens with one attached hydrogen (secondary N) is 1. The second kappa shape index (κ2) is 6.36. The summed E-state index contributed by atoms with van der Waals surface area (Å²) >= 11 is 0.753. The lowest BCUT2D eigenvalue weighted by Crippen LogP contribution is -2.17. The third-order valence-corrected chi connectivity index (χ3v) is 6.51. The topological polar surface area (TPSA) is 85.2 Å². The lowest BCUT2D eigenvalue weighted by atomic mass is 10.1. The lowest BCUT2D eigenvalue weighted by Gasteiger charge is -2.07. The minimum absolute atomic E-state index is 0.0629. The van der Waals surface area contributed by atoms with Crippen molar-refractivity contribution in [1.82, 2.24) is 9.29 Å². The van der Waals surface area contributed by atoms with Gasteiger partial charge in [0, 0.05) is 17.1 Å². The number of rotatable bonds is 3. The Morgan fingerprint density at radius 1 is 1.04 bits per heavy atom. The fraction of sp³-hybridized carbons (Fsp3) is 0. The number of fused-ring (bicyclic) bond motifs is 1. The largest absolute Gasteiger partial charge is 0.290 e. The molecule has 2 heterocycles. The SMILES string of the molecule is O=C1NC(=O)/C(=C/c2cn(S(=O)(=O)c3ccc(F)cc3)c3ccccc23)S1. The maximum Gasteiger partial charge on any atom is 0.290 e. The standard InChI is InChI=1S/C18H11FN2O4S2/c19-12-5-7-13(8-6-12)27(24,25)21-10-11(14-3-1-2-4-15(14)21)9-16-17(22)20-18(23)26-16/h1-10H,(H,20,22,23)/b16-9-. The van der Waals surface area contributed by atoms with Crippen molar-refractivity contribution >= 4 is 49.9 Å². The maximum absolute atomic E-state index is 13.2. The van der Waals surface area contributed by atoms with Gasteiger partial charge in [-0.3, -0.25) is 14.9 Å². The molecule has 0 unspecified atom stereocenters. The van der Waals surface area contributed by atoms with Crippen molar-refractivity contribution in [2.75, 3.05) is 0 Å². The fourth-order valence-corrected chi connectivity index (χ4v) is 4.82. The van der Waals surface area contributed by atoms with E-state index in [1.807, 2.05) is 0 Å². The van der Waals surface area contributed by atoms with Crippen molar-refractivity contribution in [2.24, 2.45) is 0 Å². The van der Waals surface area contributed by atoms with Gasteiger partial charge >= 0.3 is 0 Å². The summed E-state index contributed by atoms with van der Waals surface area (Å²) in [7, 11) is -3.97. The van der Waals surface area contributed by atoms with Crippen LogP contribution in [0.2, 0.25) is 0 Å². The molecule has 2 amide bonds. The number of aromatic nitrogens is 1. The van der Waals surface area contributed by atoms with Crippen LogP contribution in [-0.4, -0.2) is 23.5 Å². The van der Waals surface area contributed by atoms with Gasteiger partial charge in [0.25, 0.3) is 21.2 Å². The van der Waals surface area contributed by atoms with E-state index >= 15 is 0 Å². The van der Waals surface area contributed by atoms with Crippen LogP contribution in [0.5, 0.6) is 0 Å². The summed E-state index contributed by atoms with van der Waals surface area (Å²) in [6, 6.07) is 11.3. The van der Waals surface area contributed by atoms with Crippen molar-refractivity contribution in [3.05, 3.63) is 71.0 Å². The zero-order valence-electron chi connectivity index (χ0n) is 13.5. The summed E-state index contributed by atoms with van der Waals surface area (Å²) < 4.78 is 40.3. The average Bonchev–Trinajstić information content (AvgIpc) is 3.16. The highest BCUT2D eigenvalue weighted by Crippen LogP contribution is 2.31. The summed E-state index contributed by atoms with van der Waals surface area (Å²) in [6.45, 7) is 0. The van der Waals surface area contributed by atoms with Gasteiger partial charge in [-0.2, -0.15) is 0 Å². The normalized spacial score (nSPS) is 16.3. The molecular formula is C18H11FN2O4S2. The number of amides is 2. The van der Waals surface area contributed by atoms with Crippen molar-refractivity contribution in [1.29, 1.82) is 0 Å². The van der Waals surface area contributed by atoms with E-state index < -0.39 is 27.0 Å². The highest BCUT2D eigenvalue weighted by Gasteiger charge is 2.26. The molecule has 1 saturated heterocycles. The molecule has 1 fully saturated rings. The van der Waals surface area contributed by atoms with Crippen LogP contribution in [0, 0.1) is 5.82 Å². The van der Waals surface area contributed by atoms with E-state index in [4.69, 9.17) is 0 Å². The molecule has 1 N–H and O–H groups in total. The molecule has 136 valence electrons. The highest BCUT2D eigenvalue weighted by atomic mass is 32.2. The molecule has 1 aromatic heterocycles. The number of benzene rings is 2. The summed E-state index contributed by atoms with van der Waals surface area (Å²) in [6.07, 6.45) is 2.86. The quantitative estimate of drug-likeness (QED) is 0.679. The molecule has 3 aromatic rings. The number of hydrogen-bond acceptors (Lipinski definition) is 5. The predicted molar refractivity (Wildman–Crippen MR) is 100 cm³/mol. The van der Waals surface area contributed by atoms with Gasteiger partial charge in [0.2, 0.25) is 0 Å². The number of carbonyl (C=O) groups excluding carboxylic acids is 2. The second-order valence-electron chi connectivity index (χ2n) is 5.71. The Labute approximate surface area is 157 Å². The van der Waals surface area contributed by atoms with Crippen LogP contribution < -0.4 is 5.32 Å². The first-order valence-corrected chi connectivity index (χ1v) is 9.98. The number of imide groups is 1. The molecule has 1 aliphatic heterocycles. The minimum atomic E-state index is -3.97. The van der Waals surface area contributed by atoms with Gasteiger partial charge < -0.3 is 0 Å². The zero-order valence-corrected chi connectivity index (χ0v) is 15.2. The van der Waals surface area contributed by atoms with Crippen molar-refractivity contribution in [3.63, 3.8) is 0 Å². The molecule has 0 aliphatic carbocycles. The van der Waals surface area contributed by atoms with Crippen LogP contribution in [0.3, 0.4) is 0 Å². The Bertz CT molecular complexity index is 1230. The van der Waals surface area contributed by atoms with Gasteiger partial charge in [-0.1, -0.05) is 18.2 Å². The van der Waals surface area contributed by atoms with E-state index in [2.05, 4.69) is 5.32 Å². The van der Waals surface area contributed by atoms with Gasteiger partial charge in [0.1, 0.15) is 5.82 Å². The Morgan fingerprint density at radius 3 is 2.41 bits per heavy atom. The van der Waals surface area contributed by atoms with E-state index in [0.29, 0.717) is 16.5 Å². The van der Waals surface area contributed by atoms with Crippen LogP contribution in [0.1, 0.15) is 5.56 Å². The monoisotopic (exact) mass is 402 g/mol. The van der Waals surface area contributed by atoms with Gasteiger partial charge in [0.05, 0.1) is 15.3 Å². The molecule has 2 aromatic carbocycles. The number of para-hydroxylation sites is 1. The van der Waals surface area contributed by atoms with E-state index in [0.717, 1.165) is 27.9 Å². The molecule has 0 saturated carbocycles. The van der Waals surface area contributed by atoms with Gasteiger partial charge in [0.15, 0.2) is 0 Å². The first-order chi connectivity index (χ1) is 12.9. The number of nitrogens with zero attached hydrogens (tertiary/aromatic N) is 1. The third kappa shape index (κ3) is 3.04. The smallest absolute Gasteiger partial charge is 0.282 e. The Kier molecular flexibility index (Phi) is 4.12. The molecule has 27 heavy (non-hydrogen) atoms. The van der Waals surface area contributed by atoms with Crippen LogP contribution >= 0.6 is 11.8 Å². The van der Waals surface area contributed by atoms with Gasteiger partial charge in [-0.25, -0.2) is 16.8 Å². The first-order valence-electron chi connectivity index (χ1n) is 7.72. The van der Waals surface area contributed by atoms with E-state index in [-0.39, 0.29) is 9.80 Å². The fourth-order valence-electron chi connectivity index (χ4n) is 2.77. The van der Waals surface area contributed by atoms with Crippen LogP contribution in [0.4, 0.5) is 9.18 Å². The van der Waals surface area contributed by atoms with Crippen LogP contribution in [-0.2, 0) is 14.8 Å². The van der Waals surface area contributed by atoms with Crippen molar-refractivity contribution in [2.45, 2.75) is 4.90 Å². The molecule has 0 atom stereocenters. The summed E-state index contributed by atoms with van der Waals surface area (Å²) in [5.74, 6) is -1.06. The predicted octanol–water partition coefficient (Wildman–Crippen LogP) is 3.34. The Hall–Kier alpha value is -2.91. The molecule has 6 nitrogen and oxygen atoms in total. The molecular weight excluding hydrogens is 391 g/mol. The maximum atomic E-state index is 13.2. The number of halogens is 1. The van der Waals surface area contributed by atoms with Crippen molar-refractivity contribution < 1.29 is 22.4 Å². The summed E-state index contributed by atoms with van der Waals surface area (Å²) in [5.41, 5.74) is 0.882. The molecule has 9 heteroatoms. The first kappa shape index (κ1) is 17.5. The van der Waals surface area contributed by atoms with E-state index in [9.17, 15) is 22.4 Å². The number of hydrogen-bond donors (Lipinski definition) is 1. The molecule has 0 spiro atoms. The number of carbonyl (C=O) groups is 2. The highest BCUT2D eigenvalue weighted by molar-refractivity contribution is 8.18. The van der Waals surface area contributed by atoms with E-state index in [1.54, 1.807) is 24.3 Å². The van der Waals surface area contributed by atoms with Crippen molar-refractivity contribution in [3.8, 4) is 0 Å². The second-order valence-corrected chi connectivity index (χ2v) is 8.54. The molecule has 0 radical (unpaired) electrons. The third-order valence-electron chi connectivity index (χ3n) is 4.01. The molecule has 0 bridgehead atoms. The number of thioether (sulfide) groups is 1. The van der Waals surface area contributed by atoms with Crippen LogP contribution in [0.25, 0.3) is 17.0 Å². The van der Waals surface area contributed by atoms with Gasteiger partial charge in [-0.15, -0.1) is 0 Å². The average molecular weight is 402 g/mol. The Morgan fingerprint density at radius 2 is 1.74 bits per heavy atom. The van der Waals surface area contributed by atoms with Gasteiger partial charge in [-0.05, 0) is 48.2 Å².